The van der Waals surface area contributed by atoms with Crippen molar-refractivity contribution in [3.63, 3.8) is 0 Å². The first-order valence-corrected chi connectivity index (χ1v) is 11.5. The molecule has 0 aliphatic carbocycles. The molecule has 4 rings (SSSR count). The van der Waals surface area contributed by atoms with Gasteiger partial charge in [-0.1, -0.05) is 33.9 Å². The van der Waals surface area contributed by atoms with Crippen molar-refractivity contribution in [1.29, 1.82) is 0 Å². The largest absolute Gasteiger partial charge is 0.422 e. The molecule has 2 aliphatic rings. The van der Waals surface area contributed by atoms with Crippen LogP contribution in [0.1, 0.15) is 43.6 Å². The van der Waals surface area contributed by atoms with Gasteiger partial charge in [-0.2, -0.15) is 9.79 Å². The lowest BCUT2D eigenvalue weighted by molar-refractivity contribution is 0.0678. The summed E-state index contributed by atoms with van der Waals surface area (Å²) in [6.45, 7) is 20.5. The number of allylic oxidation sites excluding steroid dienone is 1. The third-order valence-corrected chi connectivity index (χ3v) is 5.41. The number of piperazine rings is 1. The fourth-order valence-electron chi connectivity index (χ4n) is 3.77. The van der Waals surface area contributed by atoms with Crippen molar-refractivity contribution >= 4 is 17.8 Å². The second-order valence-corrected chi connectivity index (χ2v) is 9.96. The number of nitrogens with zero attached hydrogens (tertiary/aromatic N) is 9. The van der Waals surface area contributed by atoms with Gasteiger partial charge in [0.25, 0.3) is 11.9 Å². The van der Waals surface area contributed by atoms with Gasteiger partial charge in [0.1, 0.15) is 5.69 Å². The first-order chi connectivity index (χ1) is 16.5. The van der Waals surface area contributed by atoms with Gasteiger partial charge in [-0.25, -0.2) is 4.99 Å². The fourth-order valence-corrected chi connectivity index (χ4v) is 3.77. The molecule has 1 fully saturated rings. The lowest BCUT2D eigenvalue weighted by atomic mass is 9.97. The zero-order valence-electron chi connectivity index (χ0n) is 20.9. The third kappa shape index (κ3) is 5.61. The Morgan fingerprint density at radius 1 is 1.23 bits per heavy atom. The van der Waals surface area contributed by atoms with E-state index in [1.165, 1.54) is 0 Å². The number of aliphatic imine (C=N–C) groups is 2. The van der Waals surface area contributed by atoms with E-state index in [0.717, 1.165) is 5.56 Å². The number of rotatable bonds is 4. The number of ether oxygens (including phenoxy) is 1. The summed E-state index contributed by atoms with van der Waals surface area (Å²) in [4.78, 5) is 31.6. The molecule has 0 bridgehead atoms. The van der Waals surface area contributed by atoms with Crippen LogP contribution >= 0.6 is 0 Å². The molecule has 0 atom stereocenters. The second-order valence-electron chi connectivity index (χ2n) is 9.96. The smallest absolute Gasteiger partial charge is 0.300 e. The molecule has 0 spiro atoms. The van der Waals surface area contributed by atoms with Crippen LogP contribution in [0.15, 0.2) is 46.9 Å². The monoisotopic (exact) mass is 477 g/mol. The molecule has 2 aliphatic heterocycles. The number of aromatic nitrogens is 5. The summed E-state index contributed by atoms with van der Waals surface area (Å²) in [5.41, 5.74) is 2.63. The molecule has 0 radical (unpaired) electrons. The second kappa shape index (κ2) is 9.40. The minimum Gasteiger partial charge on any atom is -0.422 e. The molecule has 1 amide bonds. The maximum Gasteiger partial charge on any atom is 0.300 e. The van der Waals surface area contributed by atoms with Crippen LogP contribution in [-0.2, 0) is 11.3 Å². The van der Waals surface area contributed by atoms with E-state index in [-0.39, 0.29) is 11.3 Å². The predicted octanol–water partition coefficient (Wildman–Crippen LogP) is 2.68. The van der Waals surface area contributed by atoms with Crippen LogP contribution in [0.3, 0.4) is 0 Å². The van der Waals surface area contributed by atoms with Crippen molar-refractivity contribution < 1.29 is 9.53 Å². The van der Waals surface area contributed by atoms with Gasteiger partial charge in [0.2, 0.25) is 5.82 Å². The summed E-state index contributed by atoms with van der Waals surface area (Å²) in [7, 11) is 0. The number of pyridine rings is 1. The van der Waals surface area contributed by atoms with Gasteiger partial charge in [0.15, 0.2) is 11.6 Å². The number of carbonyl (C=O) groups is 1. The molecule has 0 saturated carbocycles. The van der Waals surface area contributed by atoms with Crippen LogP contribution in [0.2, 0.25) is 0 Å². The quantitative estimate of drug-likeness (QED) is 0.665. The number of amides is 1. The maximum absolute atomic E-state index is 13.1. The topological polar surface area (TPSA) is 114 Å². The summed E-state index contributed by atoms with van der Waals surface area (Å²) >= 11 is 0. The summed E-state index contributed by atoms with van der Waals surface area (Å²) in [6, 6.07) is 2.28. The number of hydrogen-bond donors (Lipinski definition) is 0. The van der Waals surface area contributed by atoms with Crippen LogP contribution in [0.25, 0.3) is 11.5 Å². The lowest BCUT2D eigenvalue weighted by Crippen LogP contribution is -2.50. The van der Waals surface area contributed by atoms with E-state index < -0.39 is 0 Å². The Labute approximate surface area is 204 Å². The van der Waals surface area contributed by atoms with Gasteiger partial charge in [-0.3, -0.25) is 9.78 Å². The molecule has 2 aromatic heterocycles. The zero-order valence-corrected chi connectivity index (χ0v) is 20.9. The standard InChI is InChI=1S/C24H31N9O2/c1-15(2)26-20-17(4)35-23(27-20)32-10-8-31(9-11-32)22(34)18-12-16(3)19(25-13-18)21-28-30-33(29-21)14-24(5,6)7/h12-13H,1,4,8-11,14H2,2-3,5-7H3. The van der Waals surface area contributed by atoms with Crippen LogP contribution in [0.5, 0.6) is 0 Å². The molecule has 0 aromatic carbocycles. The van der Waals surface area contributed by atoms with Crippen molar-refractivity contribution in [3.05, 3.63) is 48.0 Å². The minimum atomic E-state index is -0.0700. The van der Waals surface area contributed by atoms with Gasteiger partial charge >= 0.3 is 0 Å². The lowest BCUT2D eigenvalue weighted by Gasteiger charge is -2.34. The number of carbonyl (C=O) groups excluding carboxylic acids is 1. The molecule has 11 heteroatoms. The van der Waals surface area contributed by atoms with Crippen molar-refractivity contribution in [2.45, 2.75) is 41.2 Å². The Bertz CT molecular complexity index is 1230. The van der Waals surface area contributed by atoms with E-state index >= 15 is 0 Å². The Morgan fingerprint density at radius 2 is 1.94 bits per heavy atom. The molecular formula is C24H31N9O2. The summed E-state index contributed by atoms with van der Waals surface area (Å²) in [5, 5.41) is 12.7. The van der Waals surface area contributed by atoms with Gasteiger partial charge in [-0.05, 0) is 36.1 Å². The normalized spacial score (nSPS) is 17.6. The van der Waals surface area contributed by atoms with Crippen molar-refractivity contribution in [2.75, 3.05) is 26.2 Å². The summed E-state index contributed by atoms with van der Waals surface area (Å²) < 4.78 is 5.67. The first kappa shape index (κ1) is 24.2. The van der Waals surface area contributed by atoms with E-state index in [9.17, 15) is 4.79 Å². The highest BCUT2D eigenvalue weighted by Crippen LogP contribution is 2.21. The Kier molecular flexibility index (Phi) is 6.51. The Balaban J connectivity index is 1.40. The highest BCUT2D eigenvalue weighted by molar-refractivity contribution is 6.09. The molecule has 1 saturated heterocycles. The van der Waals surface area contributed by atoms with Crippen LogP contribution in [0.4, 0.5) is 0 Å². The predicted molar refractivity (Wildman–Crippen MR) is 133 cm³/mol. The van der Waals surface area contributed by atoms with Gasteiger partial charge in [0, 0.05) is 38.1 Å². The van der Waals surface area contributed by atoms with E-state index in [2.05, 4.69) is 64.3 Å². The number of aryl methyl sites for hydroxylation is 1. The third-order valence-electron chi connectivity index (χ3n) is 5.41. The highest BCUT2D eigenvalue weighted by atomic mass is 16.5. The van der Waals surface area contributed by atoms with Crippen molar-refractivity contribution in [3.8, 4) is 11.5 Å². The van der Waals surface area contributed by atoms with Crippen LogP contribution in [-0.4, -0.2) is 78.9 Å². The molecular weight excluding hydrogens is 446 g/mol. The number of tetrazole rings is 1. The number of hydrogen-bond acceptors (Lipinski definition) is 8. The van der Waals surface area contributed by atoms with E-state index in [1.807, 2.05) is 17.9 Å². The molecule has 0 N–H and O–H groups in total. The SMILES string of the molecule is C=C(C)N=C1N=C(N2CCN(C(=O)c3cnc(-c4nnn(CC(C)(C)C)n4)c(C)c3)CC2)OC1=C. The highest BCUT2D eigenvalue weighted by Gasteiger charge is 2.29. The maximum atomic E-state index is 13.1. The van der Waals surface area contributed by atoms with E-state index in [0.29, 0.717) is 73.1 Å². The van der Waals surface area contributed by atoms with E-state index in [4.69, 9.17) is 4.74 Å². The average Bonchev–Trinajstić information content (AvgIpc) is 3.38. The van der Waals surface area contributed by atoms with Gasteiger partial charge in [0.05, 0.1) is 12.1 Å². The van der Waals surface area contributed by atoms with Gasteiger partial charge in [-0.15, -0.1) is 10.2 Å². The first-order valence-electron chi connectivity index (χ1n) is 11.5. The van der Waals surface area contributed by atoms with Crippen molar-refractivity contribution in [1.82, 2.24) is 35.0 Å². The Morgan fingerprint density at radius 3 is 2.57 bits per heavy atom. The molecule has 184 valence electrons. The molecule has 4 heterocycles. The summed E-state index contributed by atoms with van der Waals surface area (Å²) in [5.74, 6) is 1.21. The van der Waals surface area contributed by atoms with Crippen LogP contribution in [0, 0.1) is 12.3 Å². The molecule has 11 nitrogen and oxygen atoms in total. The minimum absolute atomic E-state index is 0.0334. The number of amidine groups is 2. The summed E-state index contributed by atoms with van der Waals surface area (Å²) in [6.07, 6.45) is 1.58. The molecule has 35 heavy (non-hydrogen) atoms. The van der Waals surface area contributed by atoms with Crippen LogP contribution < -0.4 is 0 Å². The fraction of sp³-hybridized carbons (Fsp3) is 0.458. The van der Waals surface area contributed by atoms with Crippen molar-refractivity contribution in [2.24, 2.45) is 15.4 Å². The molecule has 0 unspecified atom stereocenters. The average molecular weight is 478 g/mol. The molecule has 2 aromatic rings. The van der Waals surface area contributed by atoms with E-state index in [1.54, 1.807) is 22.8 Å². The Hall–Kier alpha value is -3.89. The zero-order chi connectivity index (χ0) is 25.3. The van der Waals surface area contributed by atoms with Gasteiger partial charge < -0.3 is 14.5 Å².